The number of benzene rings is 2. The fourth-order valence-corrected chi connectivity index (χ4v) is 4.31. The molecular weight excluding hydrogens is 464 g/mol. The maximum atomic E-state index is 14.3. The number of aromatic hydroxyl groups is 1. The van der Waals surface area contributed by atoms with Gasteiger partial charge in [-0.3, -0.25) is 14.4 Å². The highest BCUT2D eigenvalue weighted by Gasteiger charge is 2.55. The summed E-state index contributed by atoms with van der Waals surface area (Å²) in [5.74, 6) is -5.94. The number of fused-ring (bicyclic) bond motifs is 3. The number of hydrogen-bond acceptors (Lipinski definition) is 7. The van der Waals surface area contributed by atoms with Crippen molar-refractivity contribution in [2.45, 2.75) is 32.7 Å². The lowest BCUT2D eigenvalue weighted by Gasteiger charge is -2.27. The first-order valence-electron chi connectivity index (χ1n) is 10.5. The van der Waals surface area contributed by atoms with Gasteiger partial charge in [-0.2, -0.15) is 0 Å². The van der Waals surface area contributed by atoms with Gasteiger partial charge >= 0.3 is 0 Å². The summed E-state index contributed by atoms with van der Waals surface area (Å²) in [6, 6.07) is 3.81. The van der Waals surface area contributed by atoms with Gasteiger partial charge in [0.1, 0.15) is 39.6 Å². The van der Waals surface area contributed by atoms with Crippen molar-refractivity contribution in [2.24, 2.45) is 0 Å². The third kappa shape index (κ3) is 3.44. The summed E-state index contributed by atoms with van der Waals surface area (Å²) in [6.07, 6.45) is 1.08. The Hall–Kier alpha value is -4.21. The van der Waals surface area contributed by atoms with Gasteiger partial charge in [-0.25, -0.2) is 8.78 Å². The van der Waals surface area contributed by atoms with Crippen molar-refractivity contribution in [3.05, 3.63) is 75.3 Å². The number of nitrogens with one attached hydrogen (secondary N) is 1. The zero-order valence-corrected chi connectivity index (χ0v) is 19.2. The van der Waals surface area contributed by atoms with Gasteiger partial charge in [0, 0.05) is 24.3 Å². The van der Waals surface area contributed by atoms with Crippen LogP contribution in [0.5, 0.6) is 17.2 Å². The predicted molar refractivity (Wildman–Crippen MR) is 118 cm³/mol. The Morgan fingerprint density at radius 3 is 2.51 bits per heavy atom. The first-order chi connectivity index (χ1) is 16.4. The molecule has 1 aliphatic heterocycles. The quantitative estimate of drug-likeness (QED) is 0.555. The molecule has 1 atom stereocenters. The van der Waals surface area contributed by atoms with Crippen molar-refractivity contribution in [1.82, 2.24) is 5.32 Å². The minimum atomic E-state index is -1.71. The van der Waals surface area contributed by atoms with Crippen molar-refractivity contribution >= 4 is 17.5 Å². The van der Waals surface area contributed by atoms with Gasteiger partial charge in [0.15, 0.2) is 29.0 Å². The van der Waals surface area contributed by atoms with E-state index in [1.54, 1.807) is 0 Å². The number of carbonyl (C=O) groups is 3. The molecule has 1 aliphatic carbocycles. The molecule has 35 heavy (non-hydrogen) atoms. The van der Waals surface area contributed by atoms with Gasteiger partial charge in [0.05, 0.1) is 12.7 Å². The molecule has 0 saturated heterocycles. The lowest BCUT2D eigenvalue weighted by molar-refractivity contribution is -0.123. The van der Waals surface area contributed by atoms with E-state index in [0.717, 1.165) is 19.1 Å². The van der Waals surface area contributed by atoms with Crippen molar-refractivity contribution < 1.29 is 42.9 Å². The Morgan fingerprint density at radius 2 is 1.89 bits per heavy atom. The molecule has 0 spiro atoms. The number of hydrogen-bond donors (Lipinski definition) is 3. The van der Waals surface area contributed by atoms with Crippen LogP contribution >= 0.6 is 0 Å². The van der Waals surface area contributed by atoms with Gasteiger partial charge in [-0.1, -0.05) is 12.1 Å². The number of phenolic OH excluding ortho intramolecular Hbond substituents is 1. The topological polar surface area (TPSA) is 122 Å². The molecule has 2 aromatic rings. The SMILES string of the molecule is COc1cc(O)c2c(c1C(=O)NCc1ccc(C)c(F)c1F)OC1=CC(O)=C(C(C)=O)C(=O)[C@]12C. The highest BCUT2D eigenvalue weighted by atomic mass is 19.2. The summed E-state index contributed by atoms with van der Waals surface area (Å²) in [5, 5.41) is 23.4. The van der Waals surface area contributed by atoms with E-state index in [0.29, 0.717) is 0 Å². The van der Waals surface area contributed by atoms with Crippen LogP contribution in [-0.4, -0.2) is 34.8 Å². The van der Waals surface area contributed by atoms with Crippen LogP contribution in [0.2, 0.25) is 0 Å². The summed E-state index contributed by atoms with van der Waals surface area (Å²) < 4.78 is 39.2. The number of rotatable bonds is 5. The number of aliphatic hydroxyl groups excluding tert-OH is 1. The number of Topliss-reactive ketones (excluding diaryl/α,β-unsaturated/α-hetero) is 2. The van der Waals surface area contributed by atoms with E-state index in [1.165, 1.54) is 33.1 Å². The molecule has 2 aromatic carbocycles. The van der Waals surface area contributed by atoms with Crippen LogP contribution in [0.4, 0.5) is 8.78 Å². The number of amides is 1. The van der Waals surface area contributed by atoms with E-state index in [9.17, 15) is 33.4 Å². The van der Waals surface area contributed by atoms with Gasteiger partial charge in [-0.15, -0.1) is 0 Å². The Kier molecular flexibility index (Phi) is 5.62. The summed E-state index contributed by atoms with van der Waals surface area (Å²) in [7, 11) is 1.24. The average molecular weight is 485 g/mol. The average Bonchev–Trinajstić information content (AvgIpc) is 3.10. The summed E-state index contributed by atoms with van der Waals surface area (Å²) >= 11 is 0. The Labute approximate surface area is 198 Å². The first kappa shape index (κ1) is 23.9. The van der Waals surface area contributed by atoms with Gasteiger partial charge in [0.25, 0.3) is 5.91 Å². The molecule has 0 saturated carbocycles. The zero-order chi connectivity index (χ0) is 25.8. The molecule has 0 bridgehead atoms. The summed E-state index contributed by atoms with van der Waals surface area (Å²) in [5.41, 5.74) is -2.49. The number of aliphatic hydroxyl groups is 1. The molecule has 4 rings (SSSR count). The van der Waals surface area contributed by atoms with Crippen molar-refractivity contribution in [1.29, 1.82) is 0 Å². The fourth-order valence-electron chi connectivity index (χ4n) is 4.31. The number of phenols is 1. The Balaban J connectivity index is 1.79. The molecule has 0 fully saturated rings. The molecule has 10 heteroatoms. The maximum absolute atomic E-state index is 14.3. The fraction of sp³-hybridized carbons (Fsp3) is 0.240. The van der Waals surface area contributed by atoms with Crippen molar-refractivity contribution in [2.75, 3.05) is 7.11 Å². The normalized spacial score (nSPS) is 18.5. The van der Waals surface area contributed by atoms with Crippen LogP contribution in [0, 0.1) is 18.6 Å². The van der Waals surface area contributed by atoms with Crippen LogP contribution in [0.15, 0.2) is 41.4 Å². The minimum Gasteiger partial charge on any atom is -0.507 e. The smallest absolute Gasteiger partial charge is 0.259 e. The first-order valence-corrected chi connectivity index (χ1v) is 10.5. The number of carbonyl (C=O) groups excluding carboxylic acids is 3. The summed E-state index contributed by atoms with van der Waals surface area (Å²) in [6.45, 7) is 3.53. The van der Waals surface area contributed by atoms with Gasteiger partial charge in [-0.05, 0) is 26.3 Å². The summed E-state index contributed by atoms with van der Waals surface area (Å²) in [4.78, 5) is 38.4. The van der Waals surface area contributed by atoms with Crippen LogP contribution in [0.3, 0.4) is 0 Å². The molecule has 0 aromatic heterocycles. The molecule has 182 valence electrons. The second kappa shape index (κ2) is 8.23. The predicted octanol–water partition coefficient (Wildman–Crippen LogP) is 3.44. The number of halogens is 2. The van der Waals surface area contributed by atoms with E-state index in [-0.39, 0.29) is 46.1 Å². The lowest BCUT2D eigenvalue weighted by atomic mass is 9.71. The minimum absolute atomic E-state index is 0.0986. The third-order valence-corrected chi connectivity index (χ3v) is 6.23. The van der Waals surface area contributed by atoms with Gasteiger partial charge < -0.3 is 25.0 Å². The number of methoxy groups -OCH3 is 1. The van der Waals surface area contributed by atoms with Gasteiger partial charge in [0.2, 0.25) is 0 Å². The third-order valence-electron chi connectivity index (χ3n) is 6.23. The van der Waals surface area contributed by atoms with E-state index in [1.807, 2.05) is 0 Å². The number of allylic oxidation sites excluding steroid dienone is 3. The second-order valence-electron chi connectivity index (χ2n) is 8.41. The van der Waals surface area contributed by atoms with E-state index in [4.69, 9.17) is 9.47 Å². The van der Waals surface area contributed by atoms with Crippen LogP contribution < -0.4 is 14.8 Å². The second-order valence-corrected chi connectivity index (χ2v) is 8.41. The van der Waals surface area contributed by atoms with Crippen LogP contribution in [-0.2, 0) is 21.5 Å². The lowest BCUT2D eigenvalue weighted by Crippen LogP contribution is -2.38. The Bertz CT molecular complexity index is 1390. The molecule has 1 amide bonds. The van der Waals surface area contributed by atoms with E-state index >= 15 is 0 Å². The number of aryl methyl sites for hydroxylation is 1. The maximum Gasteiger partial charge on any atom is 0.259 e. The van der Waals surface area contributed by atoms with Crippen molar-refractivity contribution in [3.8, 4) is 17.2 Å². The Morgan fingerprint density at radius 1 is 1.20 bits per heavy atom. The standard InChI is InChI=1S/C25H21F2NO7/c1-10-5-6-12(21(27)20(10)26)9-28-24(33)18-15(34-4)7-14(31)19-22(18)35-16-8-13(30)17(11(2)29)23(32)25(16,19)3/h5-8,30-31H,9H2,1-4H3,(H,28,33)/t25-/m1/s1. The van der Waals surface area contributed by atoms with Crippen LogP contribution in [0.1, 0.15) is 40.9 Å². The highest BCUT2D eigenvalue weighted by molar-refractivity contribution is 6.25. The zero-order valence-electron chi connectivity index (χ0n) is 19.2. The number of ketones is 2. The molecule has 1 heterocycles. The number of ether oxygens (including phenoxy) is 2. The largest absolute Gasteiger partial charge is 0.507 e. The monoisotopic (exact) mass is 485 g/mol. The molecule has 0 radical (unpaired) electrons. The molecule has 3 N–H and O–H groups in total. The van der Waals surface area contributed by atoms with Crippen LogP contribution in [0.25, 0.3) is 0 Å². The molecule has 0 unspecified atom stereocenters. The van der Waals surface area contributed by atoms with Crippen molar-refractivity contribution in [3.63, 3.8) is 0 Å². The van der Waals surface area contributed by atoms with E-state index < -0.39 is 51.6 Å². The highest BCUT2D eigenvalue weighted by Crippen LogP contribution is 2.56. The molecular formula is C25H21F2NO7. The van der Waals surface area contributed by atoms with E-state index in [2.05, 4.69) is 5.32 Å². The molecule has 8 nitrogen and oxygen atoms in total. The molecule has 2 aliphatic rings.